The summed E-state index contributed by atoms with van der Waals surface area (Å²) in [6.07, 6.45) is 0. The molecule has 6 nitrogen and oxygen atoms in total. The molecule has 1 atom stereocenters. The predicted molar refractivity (Wildman–Crippen MR) is 114 cm³/mol. The van der Waals surface area contributed by atoms with E-state index in [0.717, 1.165) is 32.9 Å². The Morgan fingerprint density at radius 2 is 1.89 bits per heavy atom. The van der Waals surface area contributed by atoms with E-state index in [-0.39, 0.29) is 12.1 Å². The summed E-state index contributed by atoms with van der Waals surface area (Å²) in [6.45, 7) is 5.75. The molecule has 0 saturated heterocycles. The molecule has 0 radical (unpaired) electrons. The van der Waals surface area contributed by atoms with E-state index in [1.54, 1.807) is 7.11 Å². The number of amides is 2. The monoisotopic (exact) mass is 442 g/mol. The zero-order valence-electron chi connectivity index (χ0n) is 16.3. The Morgan fingerprint density at radius 3 is 2.54 bits per heavy atom. The van der Waals surface area contributed by atoms with Crippen LogP contribution in [0.3, 0.4) is 0 Å². The van der Waals surface area contributed by atoms with Gasteiger partial charge in [-0.2, -0.15) is 5.10 Å². The Bertz CT molecular complexity index is 986. The van der Waals surface area contributed by atoms with Gasteiger partial charge in [0.05, 0.1) is 40.4 Å². The first-order valence-electron chi connectivity index (χ1n) is 8.93. The van der Waals surface area contributed by atoms with E-state index in [0.29, 0.717) is 5.69 Å². The second kappa shape index (κ2) is 8.48. The van der Waals surface area contributed by atoms with Crippen LogP contribution in [0.4, 0.5) is 10.5 Å². The summed E-state index contributed by atoms with van der Waals surface area (Å²) in [4.78, 5) is 12.6. The van der Waals surface area contributed by atoms with Crippen molar-refractivity contribution >= 4 is 27.6 Å². The zero-order valence-corrected chi connectivity index (χ0v) is 17.9. The van der Waals surface area contributed by atoms with Crippen LogP contribution in [0.5, 0.6) is 5.75 Å². The summed E-state index contributed by atoms with van der Waals surface area (Å²) < 4.78 is 7.92. The van der Waals surface area contributed by atoms with E-state index in [1.807, 2.05) is 74.0 Å². The number of ether oxygens (including phenoxy) is 1. The first-order chi connectivity index (χ1) is 13.4. The van der Waals surface area contributed by atoms with Crippen molar-refractivity contribution in [3.8, 4) is 11.4 Å². The number of halogens is 1. The molecule has 1 heterocycles. The number of carbonyl (C=O) groups excluding carboxylic acids is 1. The minimum absolute atomic E-state index is 0.174. The van der Waals surface area contributed by atoms with E-state index in [9.17, 15) is 4.79 Å². The number of benzene rings is 2. The summed E-state index contributed by atoms with van der Waals surface area (Å²) in [5, 5.41) is 10.5. The highest BCUT2D eigenvalue weighted by Gasteiger charge is 2.17. The maximum atomic E-state index is 12.6. The number of nitrogens with zero attached hydrogens (tertiary/aromatic N) is 2. The van der Waals surface area contributed by atoms with Crippen molar-refractivity contribution in [1.82, 2.24) is 15.1 Å². The third-order valence-corrected chi connectivity index (χ3v) is 5.17. The normalized spacial score (nSPS) is 11.8. The van der Waals surface area contributed by atoms with Gasteiger partial charge < -0.3 is 15.4 Å². The number of rotatable bonds is 5. The fourth-order valence-corrected chi connectivity index (χ4v) is 3.58. The molecule has 0 aliphatic heterocycles. The molecule has 0 aliphatic carbocycles. The summed E-state index contributed by atoms with van der Waals surface area (Å²) in [7, 11) is 1.62. The average Bonchev–Trinajstić information content (AvgIpc) is 2.96. The van der Waals surface area contributed by atoms with Gasteiger partial charge in [0.2, 0.25) is 0 Å². The van der Waals surface area contributed by atoms with Crippen LogP contribution in [0.15, 0.2) is 53.0 Å². The van der Waals surface area contributed by atoms with Crippen molar-refractivity contribution in [3.05, 3.63) is 70.0 Å². The van der Waals surface area contributed by atoms with Crippen molar-refractivity contribution in [3.63, 3.8) is 0 Å². The number of methoxy groups -OCH3 is 1. The lowest BCUT2D eigenvalue weighted by molar-refractivity contribution is 0.249. The number of para-hydroxylation sites is 1. The molecule has 0 bridgehead atoms. The van der Waals surface area contributed by atoms with E-state index in [2.05, 4.69) is 31.7 Å². The molecule has 146 valence electrons. The highest BCUT2D eigenvalue weighted by atomic mass is 79.9. The third kappa shape index (κ3) is 4.20. The van der Waals surface area contributed by atoms with Crippen LogP contribution in [0, 0.1) is 13.8 Å². The summed E-state index contributed by atoms with van der Waals surface area (Å²) in [6, 6.07) is 15.1. The molecule has 0 aliphatic rings. The van der Waals surface area contributed by atoms with Crippen molar-refractivity contribution in [2.24, 2.45) is 0 Å². The summed E-state index contributed by atoms with van der Waals surface area (Å²) >= 11 is 3.48. The Morgan fingerprint density at radius 1 is 1.18 bits per heavy atom. The van der Waals surface area contributed by atoms with Gasteiger partial charge in [0, 0.05) is 0 Å². The van der Waals surface area contributed by atoms with Gasteiger partial charge in [-0.05, 0) is 66.5 Å². The molecule has 0 fully saturated rings. The third-order valence-electron chi connectivity index (χ3n) is 4.55. The maximum Gasteiger partial charge on any atom is 0.319 e. The molecular formula is C21H23BrN4O2. The molecule has 28 heavy (non-hydrogen) atoms. The number of aryl methyl sites for hydroxylation is 1. The molecule has 2 aromatic carbocycles. The molecular weight excluding hydrogens is 420 g/mol. The van der Waals surface area contributed by atoms with Gasteiger partial charge in [-0.15, -0.1) is 0 Å². The number of anilines is 1. The average molecular weight is 443 g/mol. The number of aromatic nitrogens is 2. The van der Waals surface area contributed by atoms with E-state index < -0.39 is 0 Å². The van der Waals surface area contributed by atoms with Gasteiger partial charge in [0.25, 0.3) is 0 Å². The minimum Gasteiger partial charge on any atom is -0.496 e. The fourth-order valence-electron chi connectivity index (χ4n) is 3.03. The van der Waals surface area contributed by atoms with E-state index >= 15 is 0 Å². The molecule has 2 amide bonds. The highest BCUT2D eigenvalue weighted by molar-refractivity contribution is 9.10. The van der Waals surface area contributed by atoms with Crippen LogP contribution < -0.4 is 15.4 Å². The van der Waals surface area contributed by atoms with Crippen molar-refractivity contribution in [1.29, 1.82) is 0 Å². The quantitative estimate of drug-likeness (QED) is 0.574. The number of urea groups is 1. The Hall–Kier alpha value is -2.80. The van der Waals surface area contributed by atoms with Crippen LogP contribution in [0.1, 0.15) is 29.9 Å². The molecule has 7 heteroatoms. The van der Waals surface area contributed by atoms with Crippen LogP contribution in [0.25, 0.3) is 5.69 Å². The second-order valence-corrected chi connectivity index (χ2v) is 7.36. The molecule has 0 spiro atoms. The Balaban J connectivity index is 1.73. The molecule has 3 rings (SSSR count). The van der Waals surface area contributed by atoms with E-state index in [1.165, 1.54) is 0 Å². The minimum atomic E-state index is -0.279. The highest BCUT2D eigenvalue weighted by Crippen LogP contribution is 2.28. The van der Waals surface area contributed by atoms with Crippen molar-refractivity contribution in [2.45, 2.75) is 26.8 Å². The number of nitrogens with one attached hydrogen (secondary N) is 2. The zero-order chi connectivity index (χ0) is 20.3. The standard InChI is InChI=1S/C21H23BrN4O2/c1-13(16-10-11-19(28-4)18(22)12-16)23-21(27)24-20-14(2)25-26(15(20)3)17-8-6-5-7-9-17/h5-13H,1-4H3,(H2,23,24,27). The second-order valence-electron chi connectivity index (χ2n) is 6.51. The smallest absolute Gasteiger partial charge is 0.319 e. The SMILES string of the molecule is COc1ccc(C(C)NC(=O)Nc2c(C)nn(-c3ccccc3)c2C)cc1Br. The van der Waals surface area contributed by atoms with Gasteiger partial charge in [0.15, 0.2) is 0 Å². The molecule has 0 saturated carbocycles. The van der Waals surface area contributed by atoms with Crippen molar-refractivity contribution < 1.29 is 9.53 Å². The lowest BCUT2D eigenvalue weighted by Crippen LogP contribution is -2.31. The summed E-state index contributed by atoms with van der Waals surface area (Å²) in [5.41, 5.74) is 4.27. The first-order valence-corrected chi connectivity index (χ1v) is 9.72. The molecule has 1 aromatic heterocycles. The van der Waals surface area contributed by atoms with Crippen LogP contribution in [-0.2, 0) is 0 Å². The summed E-state index contributed by atoms with van der Waals surface area (Å²) in [5.74, 6) is 0.750. The first kappa shape index (κ1) is 19.9. The molecule has 3 aromatic rings. The van der Waals surface area contributed by atoms with Gasteiger partial charge in [-0.25, -0.2) is 9.48 Å². The van der Waals surface area contributed by atoms with Gasteiger partial charge >= 0.3 is 6.03 Å². The van der Waals surface area contributed by atoms with Crippen LogP contribution in [-0.4, -0.2) is 22.9 Å². The topological polar surface area (TPSA) is 68.2 Å². The Labute approximate surface area is 173 Å². The number of hydrogen-bond acceptors (Lipinski definition) is 3. The van der Waals surface area contributed by atoms with E-state index in [4.69, 9.17) is 4.74 Å². The van der Waals surface area contributed by atoms with Gasteiger partial charge in [-0.1, -0.05) is 24.3 Å². The predicted octanol–water partition coefficient (Wildman–Crippen LogP) is 5.14. The lowest BCUT2D eigenvalue weighted by Gasteiger charge is -2.16. The van der Waals surface area contributed by atoms with Crippen LogP contribution >= 0.6 is 15.9 Å². The largest absolute Gasteiger partial charge is 0.496 e. The van der Waals surface area contributed by atoms with Crippen LogP contribution in [0.2, 0.25) is 0 Å². The number of carbonyl (C=O) groups is 1. The lowest BCUT2D eigenvalue weighted by atomic mass is 10.1. The molecule has 2 N–H and O–H groups in total. The van der Waals surface area contributed by atoms with Gasteiger partial charge in [0.1, 0.15) is 5.75 Å². The van der Waals surface area contributed by atoms with Gasteiger partial charge in [-0.3, -0.25) is 0 Å². The van der Waals surface area contributed by atoms with Crippen molar-refractivity contribution in [2.75, 3.05) is 12.4 Å². The number of hydrogen-bond donors (Lipinski definition) is 2. The molecule has 1 unspecified atom stereocenters. The maximum absolute atomic E-state index is 12.6. The Kier molecular flexibility index (Phi) is 6.04. The fraction of sp³-hybridized carbons (Fsp3) is 0.238.